The van der Waals surface area contributed by atoms with E-state index < -0.39 is 16.1 Å². The van der Waals surface area contributed by atoms with Gasteiger partial charge in [0.15, 0.2) is 0 Å². The maximum Gasteiger partial charge on any atom is 0.409 e. The van der Waals surface area contributed by atoms with Crippen LogP contribution in [0.15, 0.2) is 65.8 Å². The number of hydrogen-bond donors (Lipinski definition) is 1. The van der Waals surface area contributed by atoms with Crippen molar-refractivity contribution in [3.63, 3.8) is 0 Å². The van der Waals surface area contributed by atoms with E-state index in [-0.39, 0.29) is 58.9 Å². The highest BCUT2D eigenvalue weighted by Crippen LogP contribution is 2.35. The quantitative estimate of drug-likeness (QED) is 0.275. The normalized spacial score (nSPS) is 21.0. The van der Waals surface area contributed by atoms with Crippen molar-refractivity contribution in [2.24, 2.45) is 11.3 Å². The molecule has 3 atom stereocenters. The lowest BCUT2D eigenvalue weighted by atomic mass is 9.87. The van der Waals surface area contributed by atoms with Crippen LogP contribution < -0.4 is 14.4 Å². The van der Waals surface area contributed by atoms with Gasteiger partial charge >= 0.3 is 6.09 Å². The van der Waals surface area contributed by atoms with Crippen LogP contribution in [-0.2, 0) is 21.3 Å². The molecule has 2 amide bonds. The molecule has 0 saturated carbocycles. The van der Waals surface area contributed by atoms with Crippen LogP contribution >= 0.6 is 0 Å². The summed E-state index contributed by atoms with van der Waals surface area (Å²) in [6, 6.07) is 13.2. The number of aromatic nitrogens is 4. The fourth-order valence-electron chi connectivity index (χ4n) is 7.85. The number of anilines is 2. The Hall–Kier alpha value is -5.31. The Balaban J connectivity index is 1.28. The number of carbonyl (C=O) groups is 2. The molecule has 284 valence electrons. The van der Waals surface area contributed by atoms with E-state index in [9.17, 15) is 18.0 Å². The number of ether oxygens (including phenoxy) is 2. The molecule has 4 aromatic rings. The van der Waals surface area contributed by atoms with Gasteiger partial charge in [0.2, 0.25) is 11.8 Å². The van der Waals surface area contributed by atoms with Gasteiger partial charge in [-0.2, -0.15) is 4.98 Å². The number of aryl methyl sites for hydroxylation is 2. The monoisotopic (exact) mass is 754 g/mol. The SMILES string of the molecule is COC(=O)N1CC2CCN(c3cncc(CN4C(=O)c5cccc(c5)S(=O)(=O)Nc5nc(cc(-c6c(C)cccc6C)n5)OC[C@H]4CC(C)(C)C)n3)C2C1. The number of rotatable bonds is 5. The zero-order chi connectivity index (χ0) is 38.4. The van der Waals surface area contributed by atoms with Gasteiger partial charge in [0.05, 0.1) is 54.4 Å². The number of nitrogens with zero attached hydrogens (tertiary/aromatic N) is 7. The Labute approximate surface area is 316 Å². The van der Waals surface area contributed by atoms with Crippen molar-refractivity contribution < 1.29 is 27.5 Å². The summed E-state index contributed by atoms with van der Waals surface area (Å²) in [5, 5.41) is 0. The average Bonchev–Trinajstić information content (AvgIpc) is 3.73. The summed E-state index contributed by atoms with van der Waals surface area (Å²) in [6.07, 6.45) is 4.47. The zero-order valence-electron chi connectivity index (χ0n) is 31.4. The van der Waals surface area contributed by atoms with Crippen LogP contribution in [-0.4, -0.2) is 95.6 Å². The van der Waals surface area contributed by atoms with E-state index in [1.54, 1.807) is 40.4 Å². The smallest absolute Gasteiger partial charge is 0.409 e. The molecule has 2 unspecified atom stereocenters. The van der Waals surface area contributed by atoms with Gasteiger partial charge in [-0.05, 0) is 61.4 Å². The van der Waals surface area contributed by atoms with Gasteiger partial charge in [0.25, 0.3) is 15.9 Å². The average molecular weight is 755 g/mol. The molecule has 0 spiro atoms. The van der Waals surface area contributed by atoms with E-state index in [4.69, 9.17) is 14.5 Å². The summed E-state index contributed by atoms with van der Waals surface area (Å²) < 4.78 is 41.5. The fraction of sp³-hybridized carbons (Fsp3) is 0.436. The molecular weight excluding hydrogens is 709 g/mol. The molecular formula is C39H46N8O6S. The molecule has 3 aliphatic heterocycles. The van der Waals surface area contributed by atoms with Gasteiger partial charge in [-0.3, -0.25) is 9.78 Å². The van der Waals surface area contributed by atoms with Crippen molar-refractivity contribution >= 4 is 33.8 Å². The molecule has 1 N–H and O–H groups in total. The third-order valence-electron chi connectivity index (χ3n) is 10.3. The molecule has 0 aliphatic carbocycles. The number of nitrogens with one attached hydrogen (secondary N) is 1. The molecule has 7 rings (SSSR count). The Bertz CT molecular complexity index is 2170. The lowest BCUT2D eigenvalue weighted by molar-refractivity contribution is 0.0509. The summed E-state index contributed by atoms with van der Waals surface area (Å²) in [4.78, 5) is 51.1. The van der Waals surface area contributed by atoms with Crippen molar-refractivity contribution in [1.29, 1.82) is 0 Å². The number of fused-ring (bicyclic) bond motifs is 5. The first kappa shape index (κ1) is 37.0. The van der Waals surface area contributed by atoms with Gasteiger partial charge in [0.1, 0.15) is 12.4 Å². The van der Waals surface area contributed by atoms with Crippen LogP contribution in [0.3, 0.4) is 0 Å². The highest BCUT2D eigenvalue weighted by atomic mass is 32.2. The Morgan fingerprint density at radius 2 is 1.78 bits per heavy atom. The molecule has 0 radical (unpaired) electrons. The van der Waals surface area contributed by atoms with Gasteiger partial charge in [-0.1, -0.05) is 45.0 Å². The molecule has 2 saturated heterocycles. The number of likely N-dealkylation sites (tertiary alicyclic amines) is 1. The highest BCUT2D eigenvalue weighted by Gasteiger charge is 2.44. The first-order valence-electron chi connectivity index (χ1n) is 18.1. The van der Waals surface area contributed by atoms with Gasteiger partial charge in [-0.15, -0.1) is 0 Å². The predicted molar refractivity (Wildman–Crippen MR) is 203 cm³/mol. The van der Waals surface area contributed by atoms with E-state index in [0.29, 0.717) is 42.6 Å². The first-order chi connectivity index (χ1) is 25.7. The first-order valence-corrected chi connectivity index (χ1v) is 19.6. The molecule has 3 aliphatic rings. The lowest BCUT2D eigenvalue weighted by Crippen LogP contribution is -2.45. The summed E-state index contributed by atoms with van der Waals surface area (Å²) in [5.74, 6) is 0.606. The number of carbonyl (C=O) groups excluding carboxylic acids is 2. The second kappa shape index (κ2) is 14.5. The van der Waals surface area contributed by atoms with E-state index in [1.807, 2.05) is 32.0 Å². The number of methoxy groups -OCH3 is 1. The van der Waals surface area contributed by atoms with E-state index in [1.165, 1.54) is 19.2 Å². The van der Waals surface area contributed by atoms with Crippen LogP contribution in [0.25, 0.3) is 11.3 Å². The fourth-order valence-corrected chi connectivity index (χ4v) is 8.84. The van der Waals surface area contributed by atoms with E-state index in [0.717, 1.165) is 29.7 Å². The largest absolute Gasteiger partial charge is 0.475 e. The van der Waals surface area contributed by atoms with Crippen LogP contribution in [0.4, 0.5) is 16.6 Å². The Morgan fingerprint density at radius 1 is 1.02 bits per heavy atom. The maximum atomic E-state index is 14.7. The minimum atomic E-state index is -4.22. The van der Waals surface area contributed by atoms with E-state index in [2.05, 4.69) is 45.3 Å². The highest BCUT2D eigenvalue weighted by molar-refractivity contribution is 7.92. The van der Waals surface area contributed by atoms with Gasteiger partial charge in [-0.25, -0.2) is 27.9 Å². The van der Waals surface area contributed by atoms with Crippen LogP contribution in [0.5, 0.6) is 5.88 Å². The molecule has 2 aromatic carbocycles. The zero-order valence-corrected chi connectivity index (χ0v) is 32.3. The van der Waals surface area contributed by atoms with Crippen molar-refractivity contribution in [3.05, 3.63) is 83.3 Å². The molecule has 2 aromatic heterocycles. The molecule has 15 heteroatoms. The summed E-state index contributed by atoms with van der Waals surface area (Å²) in [7, 11) is -2.82. The van der Waals surface area contributed by atoms with Crippen LogP contribution in [0.2, 0.25) is 0 Å². The van der Waals surface area contributed by atoms with Crippen molar-refractivity contribution in [3.8, 4) is 17.1 Å². The van der Waals surface area contributed by atoms with Crippen LogP contribution in [0.1, 0.15) is 60.8 Å². The third kappa shape index (κ3) is 7.68. The summed E-state index contributed by atoms with van der Waals surface area (Å²) >= 11 is 0. The standard InChI is InChI=1S/C39H46N8O6S/c1-24-9-7-10-25(2)35(24)31-16-34-43-37(42-31)44-54(50,51)30-12-8-11-26(15-30)36(48)47(29(23-53-34)17-39(3,4)5)21-28-18-40-19-33(41-28)46-14-13-27-20-45(22-32(27)46)38(49)52-6/h7-12,15-16,18-19,27,29,32H,13-14,17,20-23H2,1-6H3,(H,42,43,44)/t27?,29-,32?/m1/s1. The molecule has 14 nitrogen and oxygen atoms in total. The van der Waals surface area contributed by atoms with Gasteiger partial charge < -0.3 is 24.2 Å². The molecule has 2 fully saturated rings. The van der Waals surface area contributed by atoms with Crippen molar-refractivity contribution in [2.45, 2.75) is 71.0 Å². The molecule has 4 bridgehead atoms. The number of hydrogen-bond acceptors (Lipinski definition) is 11. The predicted octanol–water partition coefficient (Wildman–Crippen LogP) is 5.47. The second-order valence-electron chi connectivity index (χ2n) is 15.5. The third-order valence-corrected chi connectivity index (χ3v) is 11.6. The maximum absolute atomic E-state index is 14.7. The minimum absolute atomic E-state index is 0.0600. The molecule has 54 heavy (non-hydrogen) atoms. The lowest BCUT2D eigenvalue weighted by Gasteiger charge is -2.35. The summed E-state index contributed by atoms with van der Waals surface area (Å²) in [6.45, 7) is 12.3. The van der Waals surface area contributed by atoms with Crippen LogP contribution in [0, 0.1) is 25.2 Å². The minimum Gasteiger partial charge on any atom is -0.475 e. The Morgan fingerprint density at radius 3 is 2.52 bits per heavy atom. The second-order valence-corrected chi connectivity index (χ2v) is 17.2. The van der Waals surface area contributed by atoms with Gasteiger partial charge in [0, 0.05) is 42.7 Å². The van der Waals surface area contributed by atoms with Crippen molar-refractivity contribution in [1.82, 2.24) is 29.7 Å². The number of amides is 2. The number of benzene rings is 2. The Kier molecular flexibility index (Phi) is 9.94. The molecule has 5 heterocycles. The number of sulfonamides is 1. The topological polar surface area (TPSA) is 160 Å². The van der Waals surface area contributed by atoms with E-state index >= 15 is 0 Å². The van der Waals surface area contributed by atoms with Crippen molar-refractivity contribution in [2.75, 3.05) is 43.0 Å². The summed E-state index contributed by atoms with van der Waals surface area (Å²) in [5.41, 5.74) is 3.79.